The predicted molar refractivity (Wildman–Crippen MR) is 56.0 cm³/mol. The monoisotopic (exact) mass is 208 g/mol. The van der Waals surface area contributed by atoms with Crippen LogP contribution in [0.4, 0.5) is 0 Å². The average Bonchev–Trinajstić information content (AvgIpc) is 2.68. The summed E-state index contributed by atoms with van der Waals surface area (Å²) in [7, 11) is 0. The molecule has 0 unspecified atom stereocenters. The molecule has 1 aliphatic carbocycles. The van der Waals surface area contributed by atoms with Gasteiger partial charge in [-0.3, -0.25) is 0 Å². The van der Waals surface area contributed by atoms with Gasteiger partial charge in [0.25, 0.3) is 0 Å². The molecule has 1 fully saturated rings. The van der Waals surface area contributed by atoms with Crippen LogP contribution in [0.3, 0.4) is 0 Å². The van der Waals surface area contributed by atoms with Crippen LogP contribution in [0.5, 0.6) is 0 Å². The molecule has 3 nitrogen and oxygen atoms in total. The summed E-state index contributed by atoms with van der Waals surface area (Å²) in [4.78, 5) is 10.7. The van der Waals surface area contributed by atoms with Crippen LogP contribution in [0, 0.1) is 5.92 Å². The largest absolute Gasteiger partial charge is 0.475 e. The summed E-state index contributed by atoms with van der Waals surface area (Å²) in [6.07, 6.45) is 4.67. The molecule has 0 radical (unpaired) electrons. The van der Waals surface area contributed by atoms with E-state index in [1.54, 1.807) is 6.07 Å². The fourth-order valence-corrected chi connectivity index (χ4v) is 2.23. The molecule has 0 aliphatic heterocycles. The second-order valence-corrected chi connectivity index (χ2v) is 4.46. The second-order valence-electron chi connectivity index (χ2n) is 4.46. The molecule has 3 heteroatoms. The first-order valence-corrected chi connectivity index (χ1v) is 5.50. The Labute approximate surface area is 89.1 Å². The number of furan rings is 1. The van der Waals surface area contributed by atoms with Crippen molar-refractivity contribution in [1.29, 1.82) is 0 Å². The zero-order valence-corrected chi connectivity index (χ0v) is 8.90. The van der Waals surface area contributed by atoms with Gasteiger partial charge in [0, 0.05) is 5.92 Å². The summed E-state index contributed by atoms with van der Waals surface area (Å²) in [5.74, 6) is 1.15. The molecule has 1 aromatic heterocycles. The minimum atomic E-state index is -0.981. The highest BCUT2D eigenvalue weighted by Gasteiger charge is 2.23. The molecule has 1 heterocycles. The second kappa shape index (κ2) is 4.09. The average molecular weight is 208 g/mol. The van der Waals surface area contributed by atoms with E-state index in [0.717, 1.165) is 24.5 Å². The highest BCUT2D eigenvalue weighted by atomic mass is 16.4. The quantitative estimate of drug-likeness (QED) is 0.811. The van der Waals surface area contributed by atoms with Crippen molar-refractivity contribution in [3.05, 3.63) is 23.7 Å². The zero-order valence-electron chi connectivity index (χ0n) is 8.90. The summed E-state index contributed by atoms with van der Waals surface area (Å²) in [5, 5.41) is 8.74. The summed E-state index contributed by atoms with van der Waals surface area (Å²) in [5.41, 5.74) is 0. The SMILES string of the molecule is CC1CCC(c2ccc(C(=O)O)o2)CC1. The number of carboxylic acids is 1. The smallest absolute Gasteiger partial charge is 0.371 e. The number of rotatable bonds is 2. The van der Waals surface area contributed by atoms with Crippen LogP contribution < -0.4 is 0 Å². The summed E-state index contributed by atoms with van der Waals surface area (Å²) < 4.78 is 5.32. The van der Waals surface area contributed by atoms with E-state index in [1.807, 2.05) is 6.07 Å². The van der Waals surface area contributed by atoms with Gasteiger partial charge >= 0.3 is 5.97 Å². The van der Waals surface area contributed by atoms with Crippen molar-refractivity contribution < 1.29 is 14.3 Å². The van der Waals surface area contributed by atoms with E-state index < -0.39 is 5.97 Å². The first-order valence-electron chi connectivity index (χ1n) is 5.50. The fraction of sp³-hybridized carbons (Fsp3) is 0.583. The molecule has 0 aromatic carbocycles. The third-order valence-corrected chi connectivity index (χ3v) is 3.26. The Morgan fingerprint density at radius 1 is 1.33 bits per heavy atom. The van der Waals surface area contributed by atoms with Gasteiger partial charge in [0.05, 0.1) is 0 Å². The van der Waals surface area contributed by atoms with Gasteiger partial charge in [-0.15, -0.1) is 0 Å². The van der Waals surface area contributed by atoms with Crippen molar-refractivity contribution >= 4 is 5.97 Å². The van der Waals surface area contributed by atoms with Crippen molar-refractivity contribution in [2.24, 2.45) is 5.92 Å². The molecule has 0 saturated heterocycles. The molecule has 1 saturated carbocycles. The molecular weight excluding hydrogens is 192 g/mol. The Morgan fingerprint density at radius 3 is 2.53 bits per heavy atom. The van der Waals surface area contributed by atoms with Gasteiger partial charge in [-0.1, -0.05) is 19.8 Å². The normalized spacial score (nSPS) is 26.5. The van der Waals surface area contributed by atoms with Crippen LogP contribution in [0.1, 0.15) is 54.8 Å². The van der Waals surface area contributed by atoms with Gasteiger partial charge in [0.15, 0.2) is 0 Å². The lowest BCUT2D eigenvalue weighted by Gasteiger charge is -2.24. The van der Waals surface area contributed by atoms with E-state index in [1.165, 1.54) is 12.8 Å². The van der Waals surface area contributed by atoms with Gasteiger partial charge in [-0.2, -0.15) is 0 Å². The third kappa shape index (κ3) is 2.22. The van der Waals surface area contributed by atoms with E-state index in [4.69, 9.17) is 9.52 Å². The number of aromatic carboxylic acids is 1. The zero-order chi connectivity index (χ0) is 10.8. The predicted octanol–water partition coefficient (Wildman–Crippen LogP) is 3.27. The Hall–Kier alpha value is -1.25. The van der Waals surface area contributed by atoms with Crippen LogP contribution in [-0.4, -0.2) is 11.1 Å². The van der Waals surface area contributed by atoms with E-state index >= 15 is 0 Å². The fourth-order valence-electron chi connectivity index (χ4n) is 2.23. The van der Waals surface area contributed by atoms with Gasteiger partial charge < -0.3 is 9.52 Å². The lowest BCUT2D eigenvalue weighted by molar-refractivity contribution is 0.0659. The molecule has 1 aliphatic rings. The molecule has 0 amide bonds. The molecule has 2 rings (SSSR count). The molecule has 1 N–H and O–H groups in total. The summed E-state index contributed by atoms with van der Waals surface area (Å²) >= 11 is 0. The maximum absolute atomic E-state index is 10.7. The van der Waals surface area contributed by atoms with Crippen molar-refractivity contribution in [2.45, 2.75) is 38.5 Å². The first kappa shape index (κ1) is 10.3. The highest BCUT2D eigenvalue weighted by Crippen LogP contribution is 2.36. The summed E-state index contributed by atoms with van der Waals surface area (Å²) in [6, 6.07) is 3.36. The molecule has 0 spiro atoms. The van der Waals surface area contributed by atoms with Crippen LogP contribution in [0.25, 0.3) is 0 Å². The Morgan fingerprint density at radius 2 is 2.00 bits per heavy atom. The number of hydrogen-bond donors (Lipinski definition) is 1. The summed E-state index contributed by atoms with van der Waals surface area (Å²) in [6.45, 7) is 2.26. The van der Waals surface area contributed by atoms with Gasteiger partial charge in [-0.05, 0) is 30.9 Å². The van der Waals surface area contributed by atoms with E-state index in [-0.39, 0.29) is 5.76 Å². The molecular formula is C12H16O3. The number of carbonyl (C=O) groups is 1. The molecule has 82 valence electrons. The number of hydrogen-bond acceptors (Lipinski definition) is 2. The lowest BCUT2D eigenvalue weighted by Crippen LogP contribution is -2.10. The maximum Gasteiger partial charge on any atom is 0.371 e. The van der Waals surface area contributed by atoms with E-state index in [2.05, 4.69) is 6.92 Å². The standard InChI is InChI=1S/C12H16O3/c1-8-2-4-9(5-3-8)10-6-7-11(15-10)12(13)14/h6-9H,2-5H2,1H3,(H,13,14). The lowest BCUT2D eigenvalue weighted by atomic mass is 9.82. The van der Waals surface area contributed by atoms with Crippen molar-refractivity contribution in [3.8, 4) is 0 Å². The Balaban J connectivity index is 2.06. The van der Waals surface area contributed by atoms with Crippen molar-refractivity contribution in [3.63, 3.8) is 0 Å². The topological polar surface area (TPSA) is 50.4 Å². The van der Waals surface area contributed by atoms with Gasteiger partial charge in [0.1, 0.15) is 5.76 Å². The molecule has 0 bridgehead atoms. The van der Waals surface area contributed by atoms with Gasteiger partial charge in [0.2, 0.25) is 5.76 Å². The Kier molecular flexibility index (Phi) is 2.80. The minimum Gasteiger partial charge on any atom is -0.475 e. The van der Waals surface area contributed by atoms with Crippen LogP contribution in [0.15, 0.2) is 16.5 Å². The van der Waals surface area contributed by atoms with E-state index in [9.17, 15) is 4.79 Å². The van der Waals surface area contributed by atoms with Crippen LogP contribution >= 0.6 is 0 Å². The molecule has 1 aromatic rings. The van der Waals surface area contributed by atoms with E-state index in [0.29, 0.717) is 5.92 Å². The van der Waals surface area contributed by atoms with Crippen molar-refractivity contribution in [2.75, 3.05) is 0 Å². The molecule has 0 atom stereocenters. The minimum absolute atomic E-state index is 0.0589. The van der Waals surface area contributed by atoms with Crippen LogP contribution in [-0.2, 0) is 0 Å². The van der Waals surface area contributed by atoms with Gasteiger partial charge in [-0.25, -0.2) is 4.79 Å². The van der Waals surface area contributed by atoms with Crippen molar-refractivity contribution in [1.82, 2.24) is 0 Å². The third-order valence-electron chi connectivity index (χ3n) is 3.26. The Bertz CT molecular complexity index is 346. The molecule has 15 heavy (non-hydrogen) atoms. The highest BCUT2D eigenvalue weighted by molar-refractivity contribution is 5.84. The first-order chi connectivity index (χ1) is 7.16. The maximum atomic E-state index is 10.7. The van der Waals surface area contributed by atoms with Crippen LogP contribution in [0.2, 0.25) is 0 Å². The number of carboxylic acid groups (broad SMARTS) is 1.